The van der Waals surface area contributed by atoms with Gasteiger partial charge in [-0.25, -0.2) is 4.98 Å². The third-order valence-electron chi connectivity index (χ3n) is 5.00. The van der Waals surface area contributed by atoms with Gasteiger partial charge in [0.15, 0.2) is 0 Å². The summed E-state index contributed by atoms with van der Waals surface area (Å²) in [4.78, 5) is 26.6. The SMILES string of the molecule is O=c1[nH]c(-c2cccnc2)nc2c1CN(Cc1[nH]nc3ccccc13)CC2. The Morgan fingerprint density at radius 2 is 2.07 bits per heavy atom. The van der Waals surface area contributed by atoms with Crippen LogP contribution in [0.5, 0.6) is 0 Å². The Balaban J connectivity index is 1.42. The molecule has 4 heterocycles. The van der Waals surface area contributed by atoms with Gasteiger partial charge in [0.25, 0.3) is 5.56 Å². The fourth-order valence-corrected chi connectivity index (χ4v) is 3.61. The first-order chi connectivity index (χ1) is 13.3. The highest BCUT2D eigenvalue weighted by Gasteiger charge is 2.22. The van der Waals surface area contributed by atoms with Crippen LogP contribution < -0.4 is 5.56 Å². The number of aromatic nitrogens is 5. The average Bonchev–Trinajstić information content (AvgIpc) is 3.12. The van der Waals surface area contributed by atoms with E-state index in [4.69, 9.17) is 0 Å². The van der Waals surface area contributed by atoms with E-state index in [1.165, 1.54) is 0 Å². The smallest absolute Gasteiger partial charge is 0.255 e. The van der Waals surface area contributed by atoms with E-state index >= 15 is 0 Å². The number of pyridine rings is 1. The van der Waals surface area contributed by atoms with Gasteiger partial charge in [0, 0.05) is 49.4 Å². The van der Waals surface area contributed by atoms with Gasteiger partial charge in [-0.2, -0.15) is 5.10 Å². The molecule has 3 aromatic heterocycles. The van der Waals surface area contributed by atoms with Crippen molar-refractivity contribution in [2.24, 2.45) is 0 Å². The highest BCUT2D eigenvalue weighted by Crippen LogP contribution is 2.21. The molecular weight excluding hydrogens is 340 g/mol. The molecule has 0 bridgehead atoms. The Bertz CT molecular complexity index is 1160. The number of H-pyrrole nitrogens is 2. The molecule has 5 rings (SSSR count). The second-order valence-corrected chi connectivity index (χ2v) is 6.76. The van der Waals surface area contributed by atoms with Crippen LogP contribution in [0.4, 0.5) is 0 Å². The lowest BCUT2D eigenvalue weighted by Crippen LogP contribution is -2.35. The normalized spacial score (nSPS) is 14.4. The van der Waals surface area contributed by atoms with Crippen molar-refractivity contribution < 1.29 is 0 Å². The number of rotatable bonds is 3. The Hall–Kier alpha value is -3.32. The summed E-state index contributed by atoms with van der Waals surface area (Å²) in [6.45, 7) is 2.16. The van der Waals surface area contributed by atoms with Crippen LogP contribution in [-0.4, -0.2) is 36.6 Å². The molecule has 134 valence electrons. The average molecular weight is 358 g/mol. The molecule has 27 heavy (non-hydrogen) atoms. The van der Waals surface area contributed by atoms with Gasteiger partial charge in [0.2, 0.25) is 0 Å². The number of nitrogens with one attached hydrogen (secondary N) is 2. The standard InChI is InChI=1S/C20H18N6O/c27-20-15-11-26(12-18-14-5-1-2-6-17(14)24-25-18)9-7-16(15)22-19(23-20)13-4-3-8-21-10-13/h1-6,8,10H,7,9,11-12H2,(H,24,25)(H,22,23,27). The fourth-order valence-electron chi connectivity index (χ4n) is 3.61. The number of aromatic amines is 2. The Kier molecular flexibility index (Phi) is 3.79. The molecule has 2 N–H and O–H groups in total. The van der Waals surface area contributed by atoms with Crippen LogP contribution in [0.15, 0.2) is 53.6 Å². The number of benzene rings is 1. The van der Waals surface area contributed by atoms with Crippen LogP contribution in [-0.2, 0) is 19.5 Å². The van der Waals surface area contributed by atoms with Crippen molar-refractivity contribution in [1.29, 1.82) is 0 Å². The minimum absolute atomic E-state index is 0.0713. The van der Waals surface area contributed by atoms with Crippen LogP contribution >= 0.6 is 0 Å². The summed E-state index contributed by atoms with van der Waals surface area (Å²) in [7, 11) is 0. The number of hydrogen-bond acceptors (Lipinski definition) is 5. The first-order valence-electron chi connectivity index (χ1n) is 8.95. The molecular formula is C20H18N6O. The number of fused-ring (bicyclic) bond motifs is 2. The van der Waals surface area contributed by atoms with Crippen LogP contribution in [0.2, 0.25) is 0 Å². The Labute approximate surface area is 155 Å². The van der Waals surface area contributed by atoms with E-state index < -0.39 is 0 Å². The summed E-state index contributed by atoms with van der Waals surface area (Å²) >= 11 is 0. The highest BCUT2D eigenvalue weighted by molar-refractivity contribution is 5.81. The lowest BCUT2D eigenvalue weighted by atomic mass is 10.1. The predicted octanol–water partition coefficient (Wildman–Crippen LogP) is 2.27. The molecule has 0 atom stereocenters. The molecule has 0 spiro atoms. The van der Waals surface area contributed by atoms with E-state index in [0.717, 1.165) is 52.9 Å². The third kappa shape index (κ3) is 2.92. The van der Waals surface area contributed by atoms with Crippen LogP contribution in [0.1, 0.15) is 17.0 Å². The second kappa shape index (κ2) is 6.44. The van der Waals surface area contributed by atoms with E-state index in [1.807, 2.05) is 30.3 Å². The molecule has 1 aromatic carbocycles. The van der Waals surface area contributed by atoms with Crippen molar-refractivity contribution in [1.82, 2.24) is 30.0 Å². The summed E-state index contributed by atoms with van der Waals surface area (Å²) in [5, 5.41) is 8.61. The molecule has 0 fully saturated rings. The molecule has 0 saturated carbocycles. The zero-order valence-electron chi connectivity index (χ0n) is 14.6. The van der Waals surface area contributed by atoms with Gasteiger partial charge in [-0.1, -0.05) is 18.2 Å². The number of hydrogen-bond donors (Lipinski definition) is 2. The maximum atomic E-state index is 12.7. The van der Waals surface area contributed by atoms with Crippen molar-refractivity contribution in [2.75, 3.05) is 6.54 Å². The fraction of sp³-hybridized carbons (Fsp3) is 0.200. The topological polar surface area (TPSA) is 90.6 Å². The third-order valence-corrected chi connectivity index (χ3v) is 5.00. The first kappa shape index (κ1) is 15.9. The molecule has 0 aliphatic carbocycles. The Morgan fingerprint density at radius 3 is 2.96 bits per heavy atom. The minimum atomic E-state index is -0.0713. The van der Waals surface area contributed by atoms with Crippen molar-refractivity contribution >= 4 is 10.9 Å². The predicted molar refractivity (Wildman–Crippen MR) is 102 cm³/mol. The largest absolute Gasteiger partial charge is 0.306 e. The van der Waals surface area contributed by atoms with Crippen LogP contribution in [0.25, 0.3) is 22.3 Å². The van der Waals surface area contributed by atoms with E-state index in [-0.39, 0.29) is 5.56 Å². The van der Waals surface area contributed by atoms with Gasteiger partial charge in [-0.15, -0.1) is 0 Å². The van der Waals surface area contributed by atoms with Gasteiger partial charge in [-0.3, -0.25) is 19.8 Å². The number of nitrogens with zero attached hydrogens (tertiary/aromatic N) is 4. The molecule has 0 saturated heterocycles. The molecule has 7 heteroatoms. The summed E-state index contributed by atoms with van der Waals surface area (Å²) in [5.74, 6) is 0.583. The lowest BCUT2D eigenvalue weighted by Gasteiger charge is -2.27. The minimum Gasteiger partial charge on any atom is -0.306 e. The molecule has 1 aliphatic rings. The van der Waals surface area contributed by atoms with Crippen molar-refractivity contribution in [2.45, 2.75) is 19.5 Å². The summed E-state index contributed by atoms with van der Waals surface area (Å²) < 4.78 is 0. The van der Waals surface area contributed by atoms with Gasteiger partial charge in [-0.05, 0) is 18.2 Å². The molecule has 0 unspecified atom stereocenters. The maximum Gasteiger partial charge on any atom is 0.255 e. The summed E-state index contributed by atoms with van der Waals surface area (Å²) in [6, 6.07) is 11.8. The van der Waals surface area contributed by atoms with Gasteiger partial charge in [0.1, 0.15) is 5.82 Å². The van der Waals surface area contributed by atoms with E-state index in [2.05, 4.69) is 36.1 Å². The summed E-state index contributed by atoms with van der Waals surface area (Å²) in [5.41, 5.74) is 4.42. The van der Waals surface area contributed by atoms with E-state index in [0.29, 0.717) is 12.4 Å². The zero-order chi connectivity index (χ0) is 18.2. The zero-order valence-corrected chi connectivity index (χ0v) is 14.6. The van der Waals surface area contributed by atoms with E-state index in [1.54, 1.807) is 12.4 Å². The summed E-state index contributed by atoms with van der Waals surface area (Å²) in [6.07, 6.45) is 4.17. The quantitative estimate of drug-likeness (QED) is 0.586. The molecule has 0 radical (unpaired) electrons. The maximum absolute atomic E-state index is 12.7. The second-order valence-electron chi connectivity index (χ2n) is 6.76. The monoisotopic (exact) mass is 358 g/mol. The molecule has 0 amide bonds. The van der Waals surface area contributed by atoms with Crippen molar-refractivity contribution in [3.8, 4) is 11.4 Å². The van der Waals surface area contributed by atoms with Gasteiger partial charge in [0.05, 0.1) is 22.5 Å². The van der Waals surface area contributed by atoms with Gasteiger partial charge < -0.3 is 4.98 Å². The van der Waals surface area contributed by atoms with Crippen LogP contribution in [0.3, 0.4) is 0 Å². The lowest BCUT2D eigenvalue weighted by molar-refractivity contribution is 0.240. The first-order valence-corrected chi connectivity index (χ1v) is 8.95. The number of para-hydroxylation sites is 1. The van der Waals surface area contributed by atoms with Crippen molar-refractivity contribution in [3.05, 3.63) is 76.1 Å². The molecule has 7 nitrogen and oxygen atoms in total. The van der Waals surface area contributed by atoms with Crippen LogP contribution in [0, 0.1) is 0 Å². The molecule has 1 aliphatic heterocycles. The molecule has 4 aromatic rings. The van der Waals surface area contributed by atoms with E-state index in [9.17, 15) is 4.79 Å². The highest BCUT2D eigenvalue weighted by atomic mass is 16.1. The van der Waals surface area contributed by atoms with Crippen molar-refractivity contribution in [3.63, 3.8) is 0 Å². The van der Waals surface area contributed by atoms with Gasteiger partial charge >= 0.3 is 0 Å². The Morgan fingerprint density at radius 1 is 1.15 bits per heavy atom.